The Kier molecular flexibility index (Phi) is 6.78. The van der Waals surface area contributed by atoms with Crippen LogP contribution in [0.3, 0.4) is 0 Å². The minimum atomic E-state index is -0.393. The summed E-state index contributed by atoms with van der Waals surface area (Å²) in [6.45, 7) is 3.93. The minimum absolute atomic E-state index is 0.0531. The Balaban J connectivity index is 1.13. The average molecular weight is 533 g/mol. The number of carbonyl (C=O) groups is 2. The number of ether oxygens (including phenoxy) is 2. The standard InChI is InChI=1S/C29H26FN3O4S/c30-22-6-2-1-5-21(22)16-27-29(35)33(23-7-3-4-8-26(23)38-27)18-28(34)32-13-11-31(12-14-32)17-20-9-10-24-25(15-20)37-19-36-24/h1-10,15-16H,11-14,17-19H2/p+1. The Bertz CT molecular complexity index is 1420. The van der Waals surface area contributed by atoms with Crippen LogP contribution in [0.4, 0.5) is 10.1 Å². The van der Waals surface area contributed by atoms with Crippen molar-refractivity contribution in [2.24, 2.45) is 0 Å². The smallest absolute Gasteiger partial charge is 0.265 e. The van der Waals surface area contributed by atoms with E-state index in [9.17, 15) is 14.0 Å². The predicted molar refractivity (Wildman–Crippen MR) is 143 cm³/mol. The summed E-state index contributed by atoms with van der Waals surface area (Å²) >= 11 is 1.30. The van der Waals surface area contributed by atoms with E-state index in [4.69, 9.17) is 9.47 Å². The molecule has 3 heterocycles. The molecule has 3 aromatic carbocycles. The first-order chi connectivity index (χ1) is 18.5. The number of piperazine rings is 1. The largest absolute Gasteiger partial charge is 0.454 e. The van der Waals surface area contributed by atoms with Gasteiger partial charge in [0.1, 0.15) is 18.9 Å². The van der Waals surface area contributed by atoms with Gasteiger partial charge in [-0.25, -0.2) is 4.39 Å². The molecule has 0 aromatic heterocycles. The van der Waals surface area contributed by atoms with Gasteiger partial charge >= 0.3 is 0 Å². The van der Waals surface area contributed by atoms with Gasteiger partial charge in [0.05, 0.1) is 36.8 Å². The highest BCUT2D eigenvalue weighted by Gasteiger charge is 2.33. The zero-order valence-electron chi connectivity index (χ0n) is 20.7. The van der Waals surface area contributed by atoms with E-state index in [1.54, 1.807) is 24.3 Å². The highest BCUT2D eigenvalue weighted by atomic mass is 32.2. The Morgan fingerprint density at radius 2 is 1.76 bits per heavy atom. The van der Waals surface area contributed by atoms with Gasteiger partial charge in [0.15, 0.2) is 11.5 Å². The molecule has 3 aromatic rings. The fourth-order valence-electron chi connectivity index (χ4n) is 4.98. The van der Waals surface area contributed by atoms with E-state index in [2.05, 4.69) is 6.07 Å². The van der Waals surface area contributed by atoms with Crippen molar-refractivity contribution in [2.75, 3.05) is 44.4 Å². The zero-order valence-corrected chi connectivity index (χ0v) is 21.5. The van der Waals surface area contributed by atoms with Crippen molar-refractivity contribution in [3.05, 3.63) is 88.6 Å². The normalized spacial score (nSPS) is 18.1. The molecule has 0 radical (unpaired) electrons. The van der Waals surface area contributed by atoms with Crippen molar-refractivity contribution in [1.29, 1.82) is 0 Å². The number of rotatable bonds is 5. The van der Waals surface area contributed by atoms with Gasteiger partial charge in [0, 0.05) is 16.0 Å². The summed E-state index contributed by atoms with van der Waals surface area (Å²) in [6, 6.07) is 19.9. The SMILES string of the molecule is O=C(CN1C(=O)C(=Cc2ccccc2F)Sc2ccccc21)N1CC[NH+](Cc2ccc3c(c2)OCO3)CC1. The van der Waals surface area contributed by atoms with Gasteiger partial charge in [0.2, 0.25) is 12.7 Å². The molecular formula is C29H27FN3O4S+. The molecule has 9 heteroatoms. The number of fused-ring (bicyclic) bond motifs is 2. The third-order valence-corrected chi connectivity index (χ3v) is 8.11. The molecule has 1 saturated heterocycles. The van der Waals surface area contributed by atoms with Crippen molar-refractivity contribution in [3.63, 3.8) is 0 Å². The van der Waals surface area contributed by atoms with E-state index in [1.807, 2.05) is 41.3 Å². The average Bonchev–Trinajstić information content (AvgIpc) is 3.40. The predicted octanol–water partition coefficient (Wildman–Crippen LogP) is 2.96. The lowest BCUT2D eigenvalue weighted by molar-refractivity contribution is -0.917. The number of hydrogen-bond donors (Lipinski definition) is 1. The molecule has 1 N–H and O–H groups in total. The number of quaternary nitrogens is 1. The van der Waals surface area contributed by atoms with Gasteiger partial charge in [-0.15, -0.1) is 0 Å². The van der Waals surface area contributed by atoms with Crippen LogP contribution in [0.15, 0.2) is 76.5 Å². The number of nitrogens with zero attached hydrogens (tertiary/aromatic N) is 2. The third-order valence-electron chi connectivity index (χ3n) is 7.03. The molecule has 2 amide bonds. The highest BCUT2D eigenvalue weighted by Crippen LogP contribution is 2.42. The molecule has 0 bridgehead atoms. The first-order valence-corrected chi connectivity index (χ1v) is 13.4. The molecule has 3 aliphatic heterocycles. The van der Waals surface area contributed by atoms with Gasteiger partial charge in [0.25, 0.3) is 5.91 Å². The van der Waals surface area contributed by atoms with Crippen LogP contribution in [0.1, 0.15) is 11.1 Å². The molecule has 0 atom stereocenters. The van der Waals surface area contributed by atoms with E-state index < -0.39 is 5.82 Å². The van der Waals surface area contributed by atoms with Crippen LogP contribution in [0.5, 0.6) is 11.5 Å². The summed E-state index contributed by atoms with van der Waals surface area (Å²) in [5, 5.41) is 0. The Labute approximate surface area is 224 Å². The number of carbonyl (C=O) groups excluding carboxylic acids is 2. The lowest BCUT2D eigenvalue weighted by Gasteiger charge is -2.35. The third kappa shape index (κ3) is 4.99. The monoisotopic (exact) mass is 532 g/mol. The maximum Gasteiger partial charge on any atom is 0.265 e. The van der Waals surface area contributed by atoms with Crippen molar-refractivity contribution in [1.82, 2.24) is 4.90 Å². The summed E-state index contributed by atoms with van der Waals surface area (Å²) < 4.78 is 25.2. The van der Waals surface area contributed by atoms with Gasteiger partial charge in [-0.3, -0.25) is 14.5 Å². The summed E-state index contributed by atoms with van der Waals surface area (Å²) in [5.74, 6) is 0.780. The maximum absolute atomic E-state index is 14.3. The number of thioether (sulfide) groups is 1. The maximum atomic E-state index is 14.3. The molecule has 0 aliphatic carbocycles. The number of nitrogens with one attached hydrogen (secondary N) is 1. The van der Waals surface area contributed by atoms with Crippen molar-refractivity contribution in [3.8, 4) is 11.5 Å². The van der Waals surface area contributed by atoms with Crippen LogP contribution in [0.2, 0.25) is 0 Å². The van der Waals surface area contributed by atoms with Gasteiger partial charge in [-0.05, 0) is 42.5 Å². The van der Waals surface area contributed by atoms with E-state index in [-0.39, 0.29) is 25.2 Å². The number of para-hydroxylation sites is 1. The topological polar surface area (TPSA) is 63.5 Å². The first kappa shape index (κ1) is 24.5. The number of anilines is 1. The Morgan fingerprint density at radius 1 is 1.00 bits per heavy atom. The fraction of sp³-hybridized carbons (Fsp3) is 0.241. The number of benzene rings is 3. The lowest BCUT2D eigenvalue weighted by atomic mass is 10.1. The van der Waals surface area contributed by atoms with Crippen LogP contribution in [-0.2, 0) is 16.1 Å². The Morgan fingerprint density at radius 3 is 2.61 bits per heavy atom. The van der Waals surface area contributed by atoms with Crippen molar-refractivity contribution < 1.29 is 28.4 Å². The lowest BCUT2D eigenvalue weighted by Crippen LogP contribution is -3.13. The van der Waals surface area contributed by atoms with Crippen LogP contribution in [0.25, 0.3) is 6.08 Å². The summed E-state index contributed by atoms with van der Waals surface area (Å²) in [5.41, 5.74) is 2.22. The summed E-state index contributed by atoms with van der Waals surface area (Å²) in [6.07, 6.45) is 1.56. The highest BCUT2D eigenvalue weighted by molar-refractivity contribution is 8.04. The number of hydrogen-bond acceptors (Lipinski definition) is 5. The van der Waals surface area contributed by atoms with E-state index >= 15 is 0 Å². The van der Waals surface area contributed by atoms with E-state index in [0.717, 1.165) is 36.0 Å². The second kappa shape index (κ2) is 10.5. The van der Waals surface area contributed by atoms with E-state index in [1.165, 1.54) is 33.2 Å². The molecule has 6 rings (SSSR count). The van der Waals surface area contributed by atoms with Crippen LogP contribution in [0, 0.1) is 5.82 Å². The van der Waals surface area contributed by atoms with Crippen molar-refractivity contribution >= 4 is 35.3 Å². The summed E-state index contributed by atoms with van der Waals surface area (Å²) in [4.78, 5) is 32.8. The van der Waals surface area contributed by atoms with Crippen LogP contribution < -0.4 is 19.3 Å². The zero-order chi connectivity index (χ0) is 26.1. The molecule has 1 fully saturated rings. The van der Waals surface area contributed by atoms with Gasteiger partial charge < -0.3 is 19.3 Å². The molecule has 0 unspecified atom stereocenters. The molecular weight excluding hydrogens is 505 g/mol. The second-order valence-corrected chi connectivity index (χ2v) is 10.6. The fourth-order valence-corrected chi connectivity index (χ4v) is 6.03. The Hall–Kier alpha value is -3.82. The molecule has 0 saturated carbocycles. The van der Waals surface area contributed by atoms with Gasteiger partial charge in [-0.1, -0.05) is 42.1 Å². The van der Waals surface area contributed by atoms with Crippen LogP contribution in [-0.4, -0.2) is 56.2 Å². The van der Waals surface area contributed by atoms with E-state index in [0.29, 0.717) is 29.2 Å². The van der Waals surface area contributed by atoms with Crippen molar-refractivity contribution in [2.45, 2.75) is 11.4 Å². The molecule has 7 nitrogen and oxygen atoms in total. The minimum Gasteiger partial charge on any atom is -0.454 e. The molecule has 194 valence electrons. The van der Waals surface area contributed by atoms with Gasteiger partial charge in [-0.2, -0.15) is 0 Å². The number of halogens is 1. The quantitative estimate of drug-likeness (QED) is 0.512. The molecule has 3 aliphatic rings. The summed E-state index contributed by atoms with van der Waals surface area (Å²) in [7, 11) is 0. The second-order valence-electron chi connectivity index (χ2n) is 9.49. The number of amides is 2. The van der Waals surface area contributed by atoms with Crippen LogP contribution >= 0.6 is 11.8 Å². The molecule has 0 spiro atoms. The first-order valence-electron chi connectivity index (χ1n) is 12.6. The molecule has 38 heavy (non-hydrogen) atoms.